The quantitative estimate of drug-likeness (QED) is 0.191. The Bertz CT molecular complexity index is 770. The Labute approximate surface area is 205 Å². The van der Waals surface area contributed by atoms with Gasteiger partial charge in [0.2, 0.25) is 0 Å². The number of ether oxygens (including phenoxy) is 4. The molecule has 2 aliphatic rings. The van der Waals surface area contributed by atoms with Crippen LogP contribution in [0.3, 0.4) is 0 Å². The number of piperidine rings is 1. The van der Waals surface area contributed by atoms with Gasteiger partial charge < -0.3 is 18.9 Å². The maximum Gasteiger partial charge on any atom is 0.172 e. The van der Waals surface area contributed by atoms with Gasteiger partial charge in [0.05, 0.1) is 32.0 Å². The maximum absolute atomic E-state index is 6.55. The molecular formula is C28H43NO5. The minimum absolute atomic E-state index is 0.202. The van der Waals surface area contributed by atoms with Crippen LogP contribution in [0.2, 0.25) is 0 Å². The van der Waals surface area contributed by atoms with Gasteiger partial charge >= 0.3 is 0 Å². The van der Waals surface area contributed by atoms with Crippen molar-refractivity contribution in [3.05, 3.63) is 55.1 Å². The van der Waals surface area contributed by atoms with Crippen LogP contribution in [0, 0.1) is 0 Å². The Morgan fingerprint density at radius 1 is 1.03 bits per heavy atom. The first-order valence-corrected chi connectivity index (χ1v) is 12.6. The van der Waals surface area contributed by atoms with Crippen molar-refractivity contribution in [2.45, 2.75) is 82.8 Å². The predicted molar refractivity (Wildman–Crippen MR) is 135 cm³/mol. The zero-order valence-corrected chi connectivity index (χ0v) is 21.5. The summed E-state index contributed by atoms with van der Waals surface area (Å²) >= 11 is 0. The normalized spacial score (nSPS) is 22.8. The van der Waals surface area contributed by atoms with Crippen LogP contribution in [0.4, 0.5) is 0 Å². The summed E-state index contributed by atoms with van der Waals surface area (Å²) in [5.41, 5.74) is 0.739. The van der Waals surface area contributed by atoms with Crippen LogP contribution < -0.4 is 4.74 Å². The van der Waals surface area contributed by atoms with Gasteiger partial charge in [0.1, 0.15) is 18.5 Å². The van der Waals surface area contributed by atoms with Crippen molar-refractivity contribution in [2.24, 2.45) is 0 Å². The molecule has 0 spiro atoms. The number of hydrogen-bond donors (Lipinski definition) is 0. The van der Waals surface area contributed by atoms with Crippen LogP contribution in [-0.4, -0.2) is 61.1 Å². The fourth-order valence-corrected chi connectivity index (χ4v) is 5.14. The first-order chi connectivity index (χ1) is 16.3. The van der Waals surface area contributed by atoms with Crippen molar-refractivity contribution in [1.82, 2.24) is 5.06 Å². The van der Waals surface area contributed by atoms with E-state index in [0.29, 0.717) is 32.8 Å². The number of epoxide rings is 1. The zero-order valence-electron chi connectivity index (χ0n) is 21.5. The molecule has 2 fully saturated rings. The molecule has 2 aliphatic heterocycles. The standard InChI is InChI=1S/C28H43NO5/c1-7-16-32-28(33-17-8-2)21-26(5,6)29(27(9-3,10-4)22-28)34-18-15-23-11-13-24(14-12-23)30-19-25-20-31-25/h7-8,11-14,25H,1-2,9-10,15-22H2,3-6H3. The van der Waals surface area contributed by atoms with Crippen LogP contribution in [0.25, 0.3) is 0 Å². The predicted octanol–water partition coefficient (Wildman–Crippen LogP) is 5.47. The molecule has 0 amide bonds. The Hall–Kier alpha value is -1.70. The third-order valence-electron chi connectivity index (χ3n) is 6.90. The van der Waals surface area contributed by atoms with E-state index in [9.17, 15) is 0 Å². The van der Waals surface area contributed by atoms with Crippen LogP contribution >= 0.6 is 0 Å². The lowest BCUT2D eigenvalue weighted by Crippen LogP contribution is -2.68. The molecule has 0 aliphatic carbocycles. The lowest BCUT2D eigenvalue weighted by atomic mass is 9.73. The zero-order chi connectivity index (χ0) is 24.7. The van der Waals surface area contributed by atoms with Crippen LogP contribution in [0.1, 0.15) is 58.9 Å². The highest BCUT2D eigenvalue weighted by Gasteiger charge is 2.57. The molecule has 0 saturated carbocycles. The van der Waals surface area contributed by atoms with Crippen molar-refractivity contribution in [1.29, 1.82) is 0 Å². The SMILES string of the molecule is C=CCOC1(OCC=C)CC(C)(C)N(OCCc2ccc(OCC3CO3)cc2)C(CC)(CC)C1. The highest BCUT2D eigenvalue weighted by atomic mass is 16.7. The number of hydrogen-bond acceptors (Lipinski definition) is 6. The van der Waals surface area contributed by atoms with E-state index >= 15 is 0 Å². The van der Waals surface area contributed by atoms with E-state index in [2.05, 4.69) is 58.0 Å². The van der Waals surface area contributed by atoms with Crippen LogP contribution in [0.5, 0.6) is 5.75 Å². The van der Waals surface area contributed by atoms with Gasteiger partial charge in [-0.05, 0) is 50.8 Å². The first kappa shape index (κ1) is 26.9. The van der Waals surface area contributed by atoms with Gasteiger partial charge in [-0.3, -0.25) is 4.84 Å². The molecule has 3 rings (SSSR count). The minimum Gasteiger partial charge on any atom is -0.491 e. The number of rotatable bonds is 15. The van der Waals surface area contributed by atoms with E-state index in [1.807, 2.05) is 12.1 Å². The molecule has 34 heavy (non-hydrogen) atoms. The van der Waals surface area contributed by atoms with E-state index in [0.717, 1.165) is 38.0 Å². The summed E-state index contributed by atoms with van der Waals surface area (Å²) in [5.74, 6) is 0.183. The third kappa shape index (κ3) is 6.70. The van der Waals surface area contributed by atoms with Crippen molar-refractivity contribution in [2.75, 3.05) is 33.0 Å². The number of hydroxylamine groups is 2. The number of nitrogens with zero attached hydrogens (tertiary/aromatic N) is 1. The monoisotopic (exact) mass is 473 g/mol. The highest BCUT2D eigenvalue weighted by Crippen LogP contribution is 2.49. The molecule has 0 aromatic heterocycles. The smallest absolute Gasteiger partial charge is 0.172 e. The Balaban J connectivity index is 1.67. The molecule has 0 radical (unpaired) electrons. The second-order valence-corrected chi connectivity index (χ2v) is 10.00. The van der Waals surface area contributed by atoms with Crippen molar-refractivity contribution < 1.29 is 23.8 Å². The number of benzene rings is 1. The molecule has 1 aromatic carbocycles. The van der Waals surface area contributed by atoms with Gasteiger partial charge in [0.15, 0.2) is 5.79 Å². The molecular weight excluding hydrogens is 430 g/mol. The topological polar surface area (TPSA) is 52.7 Å². The van der Waals surface area contributed by atoms with E-state index in [-0.39, 0.29) is 17.2 Å². The Kier molecular flexibility index (Phi) is 9.35. The maximum atomic E-state index is 6.55. The molecule has 0 bridgehead atoms. The summed E-state index contributed by atoms with van der Waals surface area (Å²) in [7, 11) is 0. The van der Waals surface area contributed by atoms with E-state index in [4.69, 9.17) is 23.8 Å². The van der Waals surface area contributed by atoms with Gasteiger partial charge in [-0.25, -0.2) is 0 Å². The lowest BCUT2D eigenvalue weighted by Gasteiger charge is -2.59. The summed E-state index contributed by atoms with van der Waals surface area (Å²) in [6, 6.07) is 8.26. The summed E-state index contributed by atoms with van der Waals surface area (Å²) < 4.78 is 23.5. The fraction of sp³-hybridized carbons (Fsp3) is 0.643. The fourth-order valence-electron chi connectivity index (χ4n) is 5.14. The molecule has 1 unspecified atom stereocenters. The van der Waals surface area contributed by atoms with E-state index < -0.39 is 5.79 Å². The molecule has 1 aromatic rings. The molecule has 1 atom stereocenters. The van der Waals surface area contributed by atoms with Crippen molar-refractivity contribution >= 4 is 0 Å². The minimum atomic E-state index is -0.695. The largest absolute Gasteiger partial charge is 0.491 e. The Morgan fingerprint density at radius 2 is 1.65 bits per heavy atom. The van der Waals surface area contributed by atoms with Crippen LogP contribution in [-0.2, 0) is 25.5 Å². The van der Waals surface area contributed by atoms with Gasteiger partial charge in [-0.1, -0.05) is 38.1 Å². The molecule has 6 nitrogen and oxygen atoms in total. The molecule has 190 valence electrons. The highest BCUT2D eigenvalue weighted by molar-refractivity contribution is 5.27. The Morgan fingerprint density at radius 3 is 2.18 bits per heavy atom. The summed E-state index contributed by atoms with van der Waals surface area (Å²) in [5, 5.41) is 2.24. The van der Waals surface area contributed by atoms with Gasteiger partial charge in [0.25, 0.3) is 0 Å². The summed E-state index contributed by atoms with van der Waals surface area (Å²) in [4.78, 5) is 6.55. The van der Waals surface area contributed by atoms with E-state index in [1.165, 1.54) is 5.56 Å². The average Bonchev–Trinajstić information content (AvgIpc) is 3.66. The summed E-state index contributed by atoms with van der Waals surface area (Å²) in [6.07, 6.45) is 7.94. The molecule has 2 heterocycles. The second kappa shape index (κ2) is 11.8. The van der Waals surface area contributed by atoms with Crippen LogP contribution in [0.15, 0.2) is 49.6 Å². The summed E-state index contributed by atoms with van der Waals surface area (Å²) in [6.45, 7) is 19.5. The second-order valence-electron chi connectivity index (χ2n) is 10.00. The van der Waals surface area contributed by atoms with Gasteiger partial charge in [-0.2, -0.15) is 5.06 Å². The third-order valence-corrected chi connectivity index (χ3v) is 6.90. The van der Waals surface area contributed by atoms with E-state index in [1.54, 1.807) is 12.2 Å². The molecule has 6 heteroatoms. The lowest BCUT2D eigenvalue weighted by molar-refractivity contribution is -0.360. The van der Waals surface area contributed by atoms with Gasteiger partial charge in [-0.15, -0.1) is 13.2 Å². The first-order valence-electron chi connectivity index (χ1n) is 12.6. The average molecular weight is 474 g/mol. The van der Waals surface area contributed by atoms with Gasteiger partial charge in [0, 0.05) is 18.4 Å². The molecule has 2 saturated heterocycles. The van der Waals surface area contributed by atoms with Crippen molar-refractivity contribution in [3.63, 3.8) is 0 Å². The van der Waals surface area contributed by atoms with Crippen molar-refractivity contribution in [3.8, 4) is 5.75 Å². The molecule has 0 N–H and O–H groups in total.